The van der Waals surface area contributed by atoms with Crippen molar-refractivity contribution in [3.8, 4) is 0 Å². The van der Waals surface area contributed by atoms with Gasteiger partial charge in [-0.3, -0.25) is 4.79 Å². The van der Waals surface area contributed by atoms with Crippen LogP contribution in [0.3, 0.4) is 0 Å². The third-order valence-electron chi connectivity index (χ3n) is 0.793. The molecule has 0 aromatic rings. The number of carbonyl (C=O) groups is 1. The largest absolute Gasteiger partial charge is 0.655 e. The summed E-state index contributed by atoms with van der Waals surface area (Å²) in [6.07, 6.45) is 0. The Balaban J connectivity index is -0.000000249. The normalized spacial score (nSPS) is 11.1. The Morgan fingerprint density at radius 3 is 1.87 bits per heavy atom. The average Bonchev–Trinajstić information content (AvgIpc) is 2.02. The van der Waals surface area contributed by atoms with Gasteiger partial charge in [0, 0.05) is 39.8 Å². The summed E-state index contributed by atoms with van der Waals surface area (Å²) in [4.78, 5) is 19.6. The molecule has 0 rings (SSSR count). The minimum atomic E-state index is -0.778. The molecule has 15 heavy (non-hydrogen) atoms. The fraction of sp³-hybridized carbons (Fsp3) is 0.667. The van der Waals surface area contributed by atoms with Crippen molar-refractivity contribution in [1.82, 2.24) is 0 Å². The molecule has 0 bridgehead atoms. The summed E-state index contributed by atoms with van der Waals surface area (Å²) in [5, 5.41) is 0. The van der Waals surface area contributed by atoms with Gasteiger partial charge in [0.25, 0.3) is 5.97 Å². The Kier molecular flexibility index (Phi) is 14.3. The van der Waals surface area contributed by atoms with Crippen molar-refractivity contribution in [3.63, 3.8) is 0 Å². The van der Waals surface area contributed by atoms with Gasteiger partial charge in [0.2, 0.25) is 0 Å². The van der Waals surface area contributed by atoms with Crippen molar-refractivity contribution in [1.29, 1.82) is 0 Å². The number of methoxy groups -OCH3 is 1. The van der Waals surface area contributed by atoms with Crippen LogP contribution in [-0.2, 0) is 51.8 Å². The SMILES string of the molecule is CO[C-]=O.[CH2-][C@H](N)C(=O)OC(C)(C)C.[Y]. The first-order chi connectivity index (χ1) is 6.24. The van der Waals surface area contributed by atoms with Crippen LogP contribution in [0.1, 0.15) is 20.8 Å². The molecule has 1 atom stereocenters. The van der Waals surface area contributed by atoms with Crippen LogP contribution < -0.4 is 5.73 Å². The Labute approximate surface area is 116 Å². The molecule has 0 aliphatic carbocycles. The summed E-state index contributed by atoms with van der Waals surface area (Å²) in [6.45, 7) is 9.86. The smallest absolute Gasteiger partial charge is 0.292 e. The molecule has 0 fully saturated rings. The van der Waals surface area contributed by atoms with E-state index in [2.05, 4.69) is 11.7 Å². The van der Waals surface area contributed by atoms with Crippen LogP contribution in [0.25, 0.3) is 0 Å². The van der Waals surface area contributed by atoms with Gasteiger partial charge in [0.05, 0.1) is 0 Å². The molecule has 0 unspecified atom stereocenters. The fourth-order valence-corrected chi connectivity index (χ4v) is 0.377. The summed E-state index contributed by atoms with van der Waals surface area (Å²) in [5.41, 5.74) is 4.69. The van der Waals surface area contributed by atoms with Gasteiger partial charge in [-0.15, -0.1) is 0 Å². The molecule has 0 aliphatic heterocycles. The Morgan fingerprint density at radius 1 is 1.47 bits per heavy atom. The van der Waals surface area contributed by atoms with Crippen molar-refractivity contribution >= 4 is 12.4 Å². The van der Waals surface area contributed by atoms with E-state index >= 15 is 0 Å². The van der Waals surface area contributed by atoms with Crippen LogP contribution in [0.4, 0.5) is 0 Å². The Morgan fingerprint density at radius 2 is 1.80 bits per heavy atom. The van der Waals surface area contributed by atoms with Crippen LogP contribution >= 0.6 is 0 Å². The van der Waals surface area contributed by atoms with E-state index in [1.807, 2.05) is 0 Å². The minimum absolute atomic E-state index is 0. The van der Waals surface area contributed by atoms with Crippen molar-refractivity contribution in [2.24, 2.45) is 5.73 Å². The number of rotatable bonds is 2. The van der Waals surface area contributed by atoms with E-state index < -0.39 is 17.6 Å². The van der Waals surface area contributed by atoms with E-state index in [0.29, 0.717) is 0 Å². The number of hydrogen-bond acceptors (Lipinski definition) is 5. The molecule has 0 saturated heterocycles. The molecule has 5 nitrogen and oxygen atoms in total. The van der Waals surface area contributed by atoms with Crippen LogP contribution in [-0.4, -0.2) is 31.2 Å². The van der Waals surface area contributed by atoms with Crippen LogP contribution in [0, 0.1) is 6.92 Å². The maximum absolute atomic E-state index is 10.7. The summed E-state index contributed by atoms with van der Waals surface area (Å²) in [6, 6.07) is -0.778. The van der Waals surface area contributed by atoms with Gasteiger partial charge in [0.15, 0.2) is 0 Å². The summed E-state index contributed by atoms with van der Waals surface area (Å²) < 4.78 is 8.61. The van der Waals surface area contributed by atoms with Crippen molar-refractivity contribution < 1.29 is 51.8 Å². The number of hydrogen-bond donors (Lipinski definition) is 1. The standard InChI is InChI=1S/C7H14NO2.C2H3O2.Y/c1-5(8)6(9)10-7(2,3)4;1-4-2-3;/h5H,1,8H2,2-4H3;1H3;/q2*-1;/t5-;;/m0../s1. The van der Waals surface area contributed by atoms with Gasteiger partial charge in [0.1, 0.15) is 5.60 Å². The van der Waals surface area contributed by atoms with Crippen LogP contribution in [0.15, 0.2) is 0 Å². The number of ether oxygens (including phenoxy) is 2. The van der Waals surface area contributed by atoms with Crippen LogP contribution in [0.2, 0.25) is 0 Å². The predicted octanol–water partition coefficient (Wildman–Crippen LogP) is 0.187. The van der Waals surface area contributed by atoms with E-state index in [-0.39, 0.29) is 32.7 Å². The quantitative estimate of drug-likeness (QED) is 0.580. The second-order valence-corrected chi connectivity index (χ2v) is 3.43. The van der Waals surface area contributed by atoms with Gasteiger partial charge in [-0.1, -0.05) is 6.47 Å². The van der Waals surface area contributed by atoms with Crippen LogP contribution in [0.5, 0.6) is 0 Å². The van der Waals surface area contributed by atoms with Gasteiger partial charge >= 0.3 is 0 Å². The minimum Gasteiger partial charge on any atom is -0.655 e. The molecule has 0 saturated carbocycles. The Hall–Kier alpha value is 0.00390. The first kappa shape index (κ1) is 20.4. The van der Waals surface area contributed by atoms with E-state index in [4.69, 9.17) is 15.3 Å². The van der Waals surface area contributed by atoms with E-state index in [1.165, 1.54) is 13.6 Å². The molecule has 87 valence electrons. The topological polar surface area (TPSA) is 78.6 Å². The molecular weight excluding hydrogens is 275 g/mol. The maximum atomic E-state index is 10.7. The third-order valence-corrected chi connectivity index (χ3v) is 0.793. The first-order valence-corrected chi connectivity index (χ1v) is 3.96. The predicted molar refractivity (Wildman–Crippen MR) is 51.9 cm³/mol. The van der Waals surface area contributed by atoms with Crippen molar-refractivity contribution in [2.45, 2.75) is 32.4 Å². The molecule has 0 aromatic carbocycles. The zero-order chi connectivity index (χ0) is 11.8. The third kappa shape index (κ3) is 20.2. The van der Waals surface area contributed by atoms with E-state index in [9.17, 15) is 4.79 Å². The zero-order valence-electron chi connectivity index (χ0n) is 9.57. The molecule has 2 N–H and O–H groups in total. The molecule has 6 heteroatoms. The number of carbonyl (C=O) groups excluding carboxylic acids is 2. The van der Waals surface area contributed by atoms with Gasteiger partial charge in [-0.05, 0) is 26.8 Å². The molecule has 0 amide bonds. The molecule has 1 radical (unpaired) electrons. The maximum Gasteiger partial charge on any atom is 0.292 e. The summed E-state index contributed by atoms with van der Waals surface area (Å²) in [7, 11) is 1.26. The molecule has 0 spiro atoms. The van der Waals surface area contributed by atoms with Crippen molar-refractivity contribution in [2.75, 3.05) is 7.11 Å². The van der Waals surface area contributed by atoms with E-state index in [1.54, 1.807) is 20.8 Å². The molecular formula is C9H17NO4Y-2. The first-order valence-electron chi connectivity index (χ1n) is 3.96. The molecule has 0 aromatic heterocycles. The summed E-state index contributed by atoms with van der Waals surface area (Å²) in [5.74, 6) is -0.465. The summed E-state index contributed by atoms with van der Waals surface area (Å²) >= 11 is 0. The second kappa shape index (κ2) is 10.5. The fourth-order valence-electron chi connectivity index (χ4n) is 0.377. The van der Waals surface area contributed by atoms with Gasteiger partial charge in [-0.2, -0.15) is 0 Å². The molecule has 0 aliphatic rings. The monoisotopic (exact) mass is 292 g/mol. The zero-order valence-corrected chi connectivity index (χ0v) is 12.4. The van der Waals surface area contributed by atoms with Gasteiger partial charge in [-0.25, -0.2) is 0 Å². The average molecular weight is 292 g/mol. The van der Waals surface area contributed by atoms with Gasteiger partial charge < -0.3 is 26.9 Å². The number of esters is 1. The second-order valence-electron chi connectivity index (χ2n) is 3.43. The Bertz CT molecular complexity index is 177. The number of nitrogens with two attached hydrogens (primary N) is 1. The van der Waals surface area contributed by atoms with E-state index in [0.717, 1.165) is 0 Å². The van der Waals surface area contributed by atoms with Crippen molar-refractivity contribution in [3.05, 3.63) is 6.92 Å². The molecule has 0 heterocycles.